The first-order chi connectivity index (χ1) is 7.89. The summed E-state index contributed by atoms with van der Waals surface area (Å²) < 4.78 is 5.41. The maximum atomic E-state index is 11.9. The summed E-state index contributed by atoms with van der Waals surface area (Å²) in [5.74, 6) is -0.000315. The molecule has 0 bridgehead atoms. The Labute approximate surface area is 101 Å². The van der Waals surface area contributed by atoms with E-state index in [9.17, 15) is 4.79 Å². The Kier molecular flexibility index (Phi) is 4.34. The van der Waals surface area contributed by atoms with Gasteiger partial charge in [-0.15, -0.1) is 0 Å². The maximum Gasteiger partial charge on any atom is 0.233 e. The van der Waals surface area contributed by atoms with E-state index >= 15 is 0 Å². The molecule has 0 aromatic carbocycles. The van der Waals surface area contributed by atoms with Crippen molar-refractivity contribution < 1.29 is 14.7 Å². The zero-order chi connectivity index (χ0) is 13.1. The molecule has 0 saturated carbocycles. The Morgan fingerprint density at radius 2 is 2.29 bits per heavy atom. The number of nitrogens with two attached hydrogens (primary N) is 1. The molecular formula is C11H21N3O3. The Balaban J connectivity index is 2.49. The predicted octanol–water partition coefficient (Wildman–Crippen LogP) is 0.300. The van der Waals surface area contributed by atoms with Crippen LogP contribution in [0.2, 0.25) is 0 Å². The van der Waals surface area contributed by atoms with Gasteiger partial charge in [-0.25, -0.2) is 0 Å². The first kappa shape index (κ1) is 13.8. The van der Waals surface area contributed by atoms with Crippen LogP contribution in [0.5, 0.6) is 0 Å². The molecular weight excluding hydrogens is 222 g/mol. The Hall–Kier alpha value is -1.30. The van der Waals surface area contributed by atoms with Gasteiger partial charge in [-0.05, 0) is 27.2 Å². The topological polar surface area (TPSA) is 96.9 Å². The normalized spacial score (nSPS) is 25.9. The Bertz CT molecular complexity index is 315. The minimum atomic E-state index is -1.00. The first-order valence-electron chi connectivity index (χ1n) is 5.77. The molecule has 1 amide bonds. The highest BCUT2D eigenvalue weighted by Crippen LogP contribution is 2.20. The fraction of sp³-hybridized carbons (Fsp3) is 0.818. The number of amidine groups is 1. The van der Waals surface area contributed by atoms with Crippen molar-refractivity contribution in [2.75, 3.05) is 13.2 Å². The fourth-order valence-electron chi connectivity index (χ4n) is 1.73. The molecule has 1 aliphatic heterocycles. The number of carbonyl (C=O) groups excluding carboxylic acids is 1. The smallest absolute Gasteiger partial charge is 0.233 e. The molecule has 0 aromatic heterocycles. The number of nitrogens with one attached hydrogen (secondary N) is 1. The van der Waals surface area contributed by atoms with Crippen molar-refractivity contribution in [3.63, 3.8) is 0 Å². The lowest BCUT2D eigenvalue weighted by Crippen LogP contribution is -2.47. The molecule has 1 saturated heterocycles. The van der Waals surface area contributed by atoms with Crippen molar-refractivity contribution in [2.24, 2.45) is 22.2 Å². The van der Waals surface area contributed by atoms with E-state index in [4.69, 9.17) is 15.7 Å². The van der Waals surface area contributed by atoms with Crippen LogP contribution in [0.4, 0.5) is 0 Å². The predicted molar refractivity (Wildman–Crippen MR) is 63.7 cm³/mol. The van der Waals surface area contributed by atoms with Crippen LogP contribution in [0.3, 0.4) is 0 Å². The average molecular weight is 243 g/mol. The minimum Gasteiger partial charge on any atom is -0.409 e. The van der Waals surface area contributed by atoms with E-state index in [-0.39, 0.29) is 17.8 Å². The number of nitrogens with zero attached hydrogens (tertiary/aromatic N) is 1. The molecule has 2 unspecified atom stereocenters. The third-order valence-corrected chi connectivity index (χ3v) is 3.37. The molecule has 0 spiro atoms. The van der Waals surface area contributed by atoms with Crippen LogP contribution in [-0.4, -0.2) is 36.2 Å². The van der Waals surface area contributed by atoms with E-state index in [0.717, 1.165) is 13.0 Å². The second-order valence-electron chi connectivity index (χ2n) is 4.94. The van der Waals surface area contributed by atoms with Crippen molar-refractivity contribution in [3.8, 4) is 0 Å². The standard InChI is InChI=1S/C11H21N3O3/c1-7-8(4-5-17-7)6-13-10(15)11(2,3)9(12)14-16/h7-8,16H,4-6H2,1-3H3,(H2,12,14)(H,13,15). The fourth-order valence-corrected chi connectivity index (χ4v) is 1.73. The van der Waals surface area contributed by atoms with Crippen LogP contribution in [-0.2, 0) is 9.53 Å². The number of oxime groups is 1. The summed E-state index contributed by atoms with van der Waals surface area (Å²) in [6.45, 7) is 6.53. The third kappa shape index (κ3) is 3.09. The number of ether oxygens (including phenoxy) is 1. The van der Waals surface area contributed by atoms with Crippen LogP contribution in [0.15, 0.2) is 5.16 Å². The van der Waals surface area contributed by atoms with Gasteiger partial charge in [0.2, 0.25) is 5.91 Å². The summed E-state index contributed by atoms with van der Waals surface area (Å²) in [5.41, 5.74) is 4.47. The second kappa shape index (κ2) is 5.35. The highest BCUT2D eigenvalue weighted by atomic mass is 16.5. The minimum absolute atomic E-state index is 0.0919. The van der Waals surface area contributed by atoms with Gasteiger partial charge in [-0.1, -0.05) is 5.16 Å². The molecule has 6 heteroatoms. The number of rotatable bonds is 4. The van der Waals surface area contributed by atoms with Crippen LogP contribution in [0.1, 0.15) is 27.2 Å². The zero-order valence-corrected chi connectivity index (χ0v) is 10.6. The zero-order valence-electron chi connectivity index (χ0n) is 10.6. The Morgan fingerprint density at radius 1 is 1.65 bits per heavy atom. The number of amides is 1. The van der Waals surface area contributed by atoms with E-state index in [1.54, 1.807) is 13.8 Å². The summed E-state index contributed by atoms with van der Waals surface area (Å²) in [5, 5.41) is 14.3. The van der Waals surface area contributed by atoms with Crippen molar-refractivity contribution in [1.82, 2.24) is 5.32 Å². The summed E-state index contributed by atoms with van der Waals surface area (Å²) in [7, 11) is 0. The van der Waals surface area contributed by atoms with E-state index in [1.807, 2.05) is 6.92 Å². The van der Waals surface area contributed by atoms with Crippen molar-refractivity contribution in [2.45, 2.75) is 33.3 Å². The summed E-state index contributed by atoms with van der Waals surface area (Å²) in [4.78, 5) is 11.9. The molecule has 17 heavy (non-hydrogen) atoms. The molecule has 98 valence electrons. The number of hydrogen-bond acceptors (Lipinski definition) is 4. The number of carbonyl (C=O) groups is 1. The molecule has 2 atom stereocenters. The first-order valence-corrected chi connectivity index (χ1v) is 5.77. The monoisotopic (exact) mass is 243 g/mol. The molecule has 0 aromatic rings. The van der Waals surface area contributed by atoms with Crippen LogP contribution in [0.25, 0.3) is 0 Å². The van der Waals surface area contributed by atoms with E-state index in [1.165, 1.54) is 0 Å². The van der Waals surface area contributed by atoms with Crippen LogP contribution < -0.4 is 11.1 Å². The van der Waals surface area contributed by atoms with Gasteiger partial charge < -0.3 is 21.0 Å². The summed E-state index contributed by atoms with van der Waals surface area (Å²) in [6, 6.07) is 0. The summed E-state index contributed by atoms with van der Waals surface area (Å²) in [6.07, 6.45) is 1.12. The van der Waals surface area contributed by atoms with Crippen molar-refractivity contribution in [1.29, 1.82) is 0 Å². The average Bonchev–Trinajstić information content (AvgIpc) is 2.70. The van der Waals surface area contributed by atoms with Gasteiger partial charge in [0.25, 0.3) is 0 Å². The van der Waals surface area contributed by atoms with Crippen LogP contribution >= 0.6 is 0 Å². The summed E-state index contributed by atoms with van der Waals surface area (Å²) >= 11 is 0. The van der Waals surface area contributed by atoms with Gasteiger partial charge in [0.05, 0.1) is 6.10 Å². The molecule has 0 aliphatic carbocycles. The van der Waals surface area contributed by atoms with Gasteiger partial charge >= 0.3 is 0 Å². The lowest BCUT2D eigenvalue weighted by molar-refractivity contribution is -0.126. The van der Waals surface area contributed by atoms with Gasteiger partial charge in [-0.2, -0.15) is 0 Å². The SMILES string of the molecule is CC1OCCC1CNC(=O)C(C)(C)C(N)=NO. The largest absolute Gasteiger partial charge is 0.409 e. The van der Waals surface area contributed by atoms with E-state index < -0.39 is 5.41 Å². The molecule has 1 aliphatic rings. The highest BCUT2D eigenvalue weighted by molar-refractivity contribution is 6.05. The van der Waals surface area contributed by atoms with Gasteiger partial charge in [0.15, 0.2) is 5.84 Å². The van der Waals surface area contributed by atoms with Crippen molar-refractivity contribution >= 4 is 11.7 Å². The van der Waals surface area contributed by atoms with Crippen LogP contribution in [0, 0.1) is 11.3 Å². The molecule has 1 fully saturated rings. The van der Waals surface area contributed by atoms with E-state index in [0.29, 0.717) is 12.5 Å². The maximum absolute atomic E-state index is 11.9. The third-order valence-electron chi connectivity index (χ3n) is 3.37. The molecule has 1 heterocycles. The van der Waals surface area contributed by atoms with Gasteiger partial charge in [0, 0.05) is 19.1 Å². The van der Waals surface area contributed by atoms with Gasteiger partial charge in [-0.3, -0.25) is 4.79 Å². The molecule has 6 nitrogen and oxygen atoms in total. The molecule has 1 rings (SSSR count). The van der Waals surface area contributed by atoms with Gasteiger partial charge in [0.1, 0.15) is 5.41 Å². The Morgan fingerprint density at radius 3 is 2.76 bits per heavy atom. The highest BCUT2D eigenvalue weighted by Gasteiger charge is 2.34. The van der Waals surface area contributed by atoms with E-state index in [2.05, 4.69) is 10.5 Å². The lowest BCUT2D eigenvalue weighted by atomic mass is 9.90. The number of hydrogen-bond donors (Lipinski definition) is 3. The quantitative estimate of drug-likeness (QED) is 0.286. The lowest BCUT2D eigenvalue weighted by Gasteiger charge is -2.23. The molecule has 0 radical (unpaired) electrons. The second-order valence-corrected chi connectivity index (χ2v) is 4.94. The van der Waals surface area contributed by atoms with Crippen molar-refractivity contribution in [3.05, 3.63) is 0 Å². The molecule has 4 N–H and O–H groups in total.